The van der Waals surface area contributed by atoms with E-state index < -0.39 is 0 Å². The van der Waals surface area contributed by atoms with Crippen LogP contribution in [0, 0.1) is 10.5 Å². The van der Waals surface area contributed by atoms with Crippen molar-refractivity contribution in [2.45, 2.75) is 20.5 Å². The standard InChI is InChI=1S/C14H18IN3O/c1-4-16-14-13(10(2)17-18(14)3)9-19-12-7-5-11(15)6-8-12/h5-8,16H,4,9H2,1-3H3. The SMILES string of the molecule is CCNc1c(COc2ccc(I)cc2)c(C)nn1C. The zero-order valence-electron chi connectivity index (χ0n) is 11.4. The van der Waals surface area contributed by atoms with Gasteiger partial charge in [-0.05, 0) is 60.7 Å². The first kappa shape index (κ1) is 14.2. The van der Waals surface area contributed by atoms with Gasteiger partial charge in [0.05, 0.1) is 11.3 Å². The molecule has 0 bridgehead atoms. The molecule has 2 aromatic rings. The van der Waals surface area contributed by atoms with Crippen LogP contribution in [-0.2, 0) is 13.7 Å². The Bertz CT molecular complexity index is 549. The topological polar surface area (TPSA) is 39.1 Å². The van der Waals surface area contributed by atoms with Crippen LogP contribution in [0.2, 0.25) is 0 Å². The lowest BCUT2D eigenvalue weighted by Gasteiger charge is -2.09. The van der Waals surface area contributed by atoms with Crippen LogP contribution in [0.25, 0.3) is 0 Å². The summed E-state index contributed by atoms with van der Waals surface area (Å²) < 4.78 is 8.90. The zero-order chi connectivity index (χ0) is 13.8. The number of nitrogens with one attached hydrogen (secondary N) is 1. The van der Waals surface area contributed by atoms with Crippen LogP contribution in [0.1, 0.15) is 18.2 Å². The molecule has 0 amide bonds. The Kier molecular flexibility index (Phi) is 4.68. The summed E-state index contributed by atoms with van der Waals surface area (Å²) in [7, 11) is 1.94. The average molecular weight is 371 g/mol. The number of nitrogens with zero attached hydrogens (tertiary/aromatic N) is 2. The molecule has 1 heterocycles. The number of hydrogen-bond donors (Lipinski definition) is 1. The van der Waals surface area contributed by atoms with Crippen LogP contribution in [0.5, 0.6) is 5.75 Å². The Labute approximate surface area is 127 Å². The predicted molar refractivity (Wildman–Crippen MR) is 85.6 cm³/mol. The molecule has 1 aromatic carbocycles. The molecule has 0 fully saturated rings. The van der Waals surface area contributed by atoms with Crippen LogP contribution in [0.4, 0.5) is 5.82 Å². The van der Waals surface area contributed by atoms with Gasteiger partial charge >= 0.3 is 0 Å². The molecular formula is C14H18IN3O. The van der Waals surface area contributed by atoms with Gasteiger partial charge in [0.2, 0.25) is 0 Å². The number of anilines is 1. The molecule has 0 unspecified atom stereocenters. The summed E-state index contributed by atoms with van der Waals surface area (Å²) in [6.07, 6.45) is 0. The second-order valence-electron chi connectivity index (χ2n) is 4.31. The number of aryl methyl sites for hydroxylation is 2. The first-order valence-corrected chi connectivity index (χ1v) is 7.34. The van der Waals surface area contributed by atoms with Crippen LogP contribution in [0.15, 0.2) is 24.3 Å². The van der Waals surface area contributed by atoms with Gasteiger partial charge in [0, 0.05) is 17.2 Å². The van der Waals surface area contributed by atoms with Gasteiger partial charge in [-0.3, -0.25) is 4.68 Å². The highest BCUT2D eigenvalue weighted by Gasteiger charge is 2.13. The Hall–Kier alpha value is -1.24. The maximum absolute atomic E-state index is 5.83. The summed E-state index contributed by atoms with van der Waals surface area (Å²) in [6.45, 7) is 5.48. The Balaban J connectivity index is 2.12. The van der Waals surface area contributed by atoms with E-state index in [1.54, 1.807) is 0 Å². The minimum atomic E-state index is 0.530. The smallest absolute Gasteiger partial charge is 0.130 e. The van der Waals surface area contributed by atoms with E-state index in [4.69, 9.17) is 4.74 Å². The average Bonchev–Trinajstić information content (AvgIpc) is 2.65. The molecule has 0 saturated carbocycles. The predicted octanol–water partition coefficient (Wildman–Crippen LogP) is 3.34. The summed E-state index contributed by atoms with van der Waals surface area (Å²) in [5, 5.41) is 7.76. The molecule has 0 aliphatic carbocycles. The molecule has 4 nitrogen and oxygen atoms in total. The van der Waals surface area contributed by atoms with Crippen molar-refractivity contribution in [3.8, 4) is 5.75 Å². The molecule has 0 radical (unpaired) electrons. The Morgan fingerprint density at radius 3 is 2.63 bits per heavy atom. The van der Waals surface area contributed by atoms with Crippen LogP contribution in [0.3, 0.4) is 0 Å². The highest BCUT2D eigenvalue weighted by Crippen LogP contribution is 2.21. The summed E-state index contributed by atoms with van der Waals surface area (Å²) >= 11 is 2.28. The molecule has 102 valence electrons. The number of hydrogen-bond acceptors (Lipinski definition) is 3. The maximum Gasteiger partial charge on any atom is 0.130 e. The summed E-state index contributed by atoms with van der Waals surface area (Å²) in [5.41, 5.74) is 2.12. The van der Waals surface area contributed by atoms with Crippen LogP contribution < -0.4 is 10.1 Å². The summed E-state index contributed by atoms with van der Waals surface area (Å²) in [6, 6.07) is 8.05. The number of halogens is 1. The minimum Gasteiger partial charge on any atom is -0.489 e. The Morgan fingerprint density at radius 2 is 2.00 bits per heavy atom. The van der Waals surface area contributed by atoms with Crippen LogP contribution in [-0.4, -0.2) is 16.3 Å². The first-order chi connectivity index (χ1) is 9.11. The van der Waals surface area contributed by atoms with Gasteiger partial charge in [0.15, 0.2) is 0 Å². The van der Waals surface area contributed by atoms with Crippen molar-refractivity contribution in [2.24, 2.45) is 7.05 Å². The third kappa shape index (κ3) is 3.40. The third-order valence-corrected chi connectivity index (χ3v) is 3.61. The molecular weight excluding hydrogens is 353 g/mol. The molecule has 1 aromatic heterocycles. The molecule has 0 spiro atoms. The van der Waals surface area contributed by atoms with Gasteiger partial charge in [-0.25, -0.2) is 0 Å². The van der Waals surface area contributed by atoms with E-state index in [2.05, 4.69) is 39.9 Å². The van der Waals surface area contributed by atoms with E-state index >= 15 is 0 Å². The fourth-order valence-electron chi connectivity index (χ4n) is 1.95. The third-order valence-electron chi connectivity index (χ3n) is 2.89. The molecule has 0 aliphatic rings. The molecule has 1 N–H and O–H groups in total. The van der Waals surface area contributed by atoms with Crippen molar-refractivity contribution in [1.29, 1.82) is 0 Å². The summed E-state index contributed by atoms with van der Waals surface area (Å²) in [5.74, 6) is 1.91. The van der Waals surface area contributed by atoms with E-state index in [-0.39, 0.29) is 0 Å². The zero-order valence-corrected chi connectivity index (χ0v) is 13.6. The summed E-state index contributed by atoms with van der Waals surface area (Å²) in [4.78, 5) is 0. The highest BCUT2D eigenvalue weighted by atomic mass is 127. The molecule has 2 rings (SSSR count). The van der Waals surface area contributed by atoms with Crippen molar-refractivity contribution in [3.63, 3.8) is 0 Å². The van der Waals surface area contributed by atoms with Gasteiger partial charge in [-0.1, -0.05) is 0 Å². The second kappa shape index (κ2) is 6.27. The fourth-order valence-corrected chi connectivity index (χ4v) is 2.31. The second-order valence-corrected chi connectivity index (χ2v) is 5.55. The van der Waals surface area contributed by atoms with E-state index in [1.165, 1.54) is 3.57 Å². The van der Waals surface area contributed by atoms with Crippen molar-refractivity contribution in [2.75, 3.05) is 11.9 Å². The van der Waals surface area contributed by atoms with Crippen molar-refractivity contribution >= 4 is 28.4 Å². The van der Waals surface area contributed by atoms with E-state index in [1.807, 2.05) is 42.9 Å². The number of ether oxygens (including phenoxy) is 1. The molecule has 0 atom stereocenters. The fraction of sp³-hybridized carbons (Fsp3) is 0.357. The van der Waals surface area contributed by atoms with Gasteiger partial charge in [0.25, 0.3) is 0 Å². The van der Waals surface area contributed by atoms with Gasteiger partial charge in [0.1, 0.15) is 18.2 Å². The number of benzene rings is 1. The normalized spacial score (nSPS) is 10.5. The number of rotatable bonds is 5. The maximum atomic E-state index is 5.83. The molecule has 5 heteroatoms. The number of aromatic nitrogens is 2. The van der Waals surface area contributed by atoms with Crippen molar-refractivity contribution < 1.29 is 4.74 Å². The first-order valence-electron chi connectivity index (χ1n) is 6.26. The molecule has 19 heavy (non-hydrogen) atoms. The lowest BCUT2D eigenvalue weighted by atomic mass is 10.2. The monoisotopic (exact) mass is 371 g/mol. The van der Waals surface area contributed by atoms with E-state index in [9.17, 15) is 0 Å². The van der Waals surface area contributed by atoms with Crippen molar-refractivity contribution in [1.82, 2.24) is 9.78 Å². The highest BCUT2D eigenvalue weighted by molar-refractivity contribution is 14.1. The Morgan fingerprint density at radius 1 is 1.32 bits per heavy atom. The van der Waals surface area contributed by atoms with Crippen molar-refractivity contribution in [3.05, 3.63) is 39.1 Å². The minimum absolute atomic E-state index is 0.530. The lowest BCUT2D eigenvalue weighted by Crippen LogP contribution is -2.07. The largest absolute Gasteiger partial charge is 0.489 e. The van der Waals surface area contributed by atoms with Gasteiger partial charge in [-0.2, -0.15) is 5.10 Å². The quantitative estimate of drug-likeness (QED) is 0.820. The van der Waals surface area contributed by atoms with E-state index in [0.29, 0.717) is 6.61 Å². The van der Waals surface area contributed by atoms with Gasteiger partial charge in [-0.15, -0.1) is 0 Å². The molecule has 0 aliphatic heterocycles. The van der Waals surface area contributed by atoms with Crippen LogP contribution >= 0.6 is 22.6 Å². The van der Waals surface area contributed by atoms with Gasteiger partial charge < -0.3 is 10.1 Å². The lowest BCUT2D eigenvalue weighted by molar-refractivity contribution is 0.306. The van der Waals surface area contributed by atoms with E-state index in [0.717, 1.165) is 29.4 Å². The molecule has 0 saturated heterocycles.